The molecule has 0 radical (unpaired) electrons. The zero-order chi connectivity index (χ0) is 22.9. The third-order valence-corrected chi connectivity index (χ3v) is 5.89. The van der Waals surface area contributed by atoms with Gasteiger partial charge in [-0.05, 0) is 53.9 Å². The third-order valence-electron chi connectivity index (χ3n) is 5.65. The molecule has 6 nitrogen and oxygen atoms in total. The number of ether oxygens (including phenoxy) is 1. The Kier molecular flexibility index (Phi) is 5.60. The summed E-state index contributed by atoms with van der Waals surface area (Å²) in [6.07, 6.45) is 4.26. The van der Waals surface area contributed by atoms with Crippen molar-refractivity contribution in [2.75, 3.05) is 6.61 Å². The summed E-state index contributed by atoms with van der Waals surface area (Å²) in [6, 6.07) is 15.4. The summed E-state index contributed by atoms with van der Waals surface area (Å²) in [6.45, 7) is 2.89. The van der Waals surface area contributed by atoms with E-state index in [0.717, 1.165) is 17.5 Å². The van der Waals surface area contributed by atoms with Crippen molar-refractivity contribution < 1.29 is 13.9 Å². The van der Waals surface area contributed by atoms with Gasteiger partial charge in [-0.1, -0.05) is 36.7 Å². The van der Waals surface area contributed by atoms with E-state index < -0.39 is 6.04 Å². The molecule has 1 unspecified atom stereocenters. The molecule has 2 aromatic heterocycles. The van der Waals surface area contributed by atoms with Gasteiger partial charge in [0.15, 0.2) is 5.43 Å². The molecule has 7 heteroatoms. The van der Waals surface area contributed by atoms with Crippen molar-refractivity contribution in [1.82, 2.24) is 9.88 Å². The lowest BCUT2D eigenvalue weighted by molar-refractivity contribution is 0.0714. The van der Waals surface area contributed by atoms with Gasteiger partial charge in [0.1, 0.15) is 11.3 Å². The molecule has 0 bridgehead atoms. The van der Waals surface area contributed by atoms with Crippen LogP contribution < -0.4 is 10.2 Å². The molecule has 1 amide bonds. The second kappa shape index (κ2) is 8.71. The predicted molar refractivity (Wildman–Crippen MR) is 126 cm³/mol. The van der Waals surface area contributed by atoms with E-state index in [1.165, 1.54) is 0 Å². The number of amides is 1. The van der Waals surface area contributed by atoms with Crippen LogP contribution in [0.5, 0.6) is 5.75 Å². The van der Waals surface area contributed by atoms with E-state index in [1.807, 2.05) is 43.3 Å². The number of benzene rings is 2. The number of fused-ring (bicyclic) bond motifs is 2. The van der Waals surface area contributed by atoms with Gasteiger partial charge in [0.05, 0.1) is 23.6 Å². The number of hydrogen-bond donors (Lipinski definition) is 0. The summed E-state index contributed by atoms with van der Waals surface area (Å²) in [5.74, 6) is 0.404. The summed E-state index contributed by atoms with van der Waals surface area (Å²) >= 11 is 6.15. The number of carbonyl (C=O) groups is 1. The van der Waals surface area contributed by atoms with Gasteiger partial charge >= 0.3 is 0 Å². The maximum absolute atomic E-state index is 13.6. The molecule has 2 aromatic carbocycles. The first kappa shape index (κ1) is 21.2. The highest BCUT2D eigenvalue weighted by atomic mass is 35.5. The molecule has 0 saturated heterocycles. The van der Waals surface area contributed by atoms with Crippen LogP contribution in [0.2, 0.25) is 5.02 Å². The van der Waals surface area contributed by atoms with E-state index in [0.29, 0.717) is 33.9 Å². The number of nitrogens with zero attached hydrogens (tertiary/aromatic N) is 2. The largest absolute Gasteiger partial charge is 0.494 e. The average Bonchev–Trinajstić information content (AvgIpc) is 3.11. The summed E-state index contributed by atoms with van der Waals surface area (Å²) in [5.41, 5.74) is 2.00. The van der Waals surface area contributed by atoms with E-state index >= 15 is 0 Å². The maximum Gasteiger partial charge on any atom is 0.291 e. The fourth-order valence-corrected chi connectivity index (χ4v) is 4.36. The van der Waals surface area contributed by atoms with Crippen LogP contribution in [-0.4, -0.2) is 22.4 Å². The first-order valence-electron chi connectivity index (χ1n) is 10.8. The van der Waals surface area contributed by atoms with Gasteiger partial charge in [0, 0.05) is 24.0 Å². The molecule has 0 fully saturated rings. The van der Waals surface area contributed by atoms with Crippen molar-refractivity contribution in [2.24, 2.45) is 0 Å². The highest BCUT2D eigenvalue weighted by Gasteiger charge is 2.42. The van der Waals surface area contributed by atoms with Crippen LogP contribution in [0.1, 0.15) is 46.6 Å². The number of aromatic nitrogens is 1. The smallest absolute Gasteiger partial charge is 0.291 e. The van der Waals surface area contributed by atoms with Gasteiger partial charge < -0.3 is 14.1 Å². The van der Waals surface area contributed by atoms with Crippen molar-refractivity contribution >= 4 is 28.5 Å². The Hall–Kier alpha value is -3.64. The number of carbonyl (C=O) groups excluding carboxylic acids is 1. The molecule has 5 rings (SSSR count). The van der Waals surface area contributed by atoms with Crippen LogP contribution in [0.15, 0.2) is 76.2 Å². The highest BCUT2D eigenvalue weighted by Crippen LogP contribution is 2.40. The van der Waals surface area contributed by atoms with Crippen LogP contribution in [-0.2, 0) is 6.54 Å². The topological polar surface area (TPSA) is 72.6 Å². The van der Waals surface area contributed by atoms with Crippen LogP contribution in [0.25, 0.3) is 11.0 Å². The normalized spacial score (nSPS) is 15.2. The number of rotatable bonds is 6. The van der Waals surface area contributed by atoms with Crippen molar-refractivity contribution in [2.45, 2.75) is 25.9 Å². The average molecular weight is 461 g/mol. The Bertz CT molecular complexity index is 1400. The zero-order valence-electron chi connectivity index (χ0n) is 18.0. The lowest BCUT2D eigenvalue weighted by atomic mass is 9.98. The monoisotopic (exact) mass is 460 g/mol. The summed E-state index contributed by atoms with van der Waals surface area (Å²) < 4.78 is 11.8. The SMILES string of the molecule is CCCOc1cccc(C2c3c(oc4ccc(Cl)cc4c3=O)C(=O)N2Cc2cccnc2)c1. The molecule has 0 saturated carbocycles. The number of halogens is 1. The number of hydrogen-bond acceptors (Lipinski definition) is 5. The first-order valence-corrected chi connectivity index (χ1v) is 11.1. The van der Waals surface area contributed by atoms with E-state index in [2.05, 4.69) is 4.98 Å². The molecular weight excluding hydrogens is 440 g/mol. The minimum atomic E-state index is -0.627. The Morgan fingerprint density at radius 1 is 1.12 bits per heavy atom. The van der Waals surface area contributed by atoms with Crippen molar-refractivity contribution in [3.63, 3.8) is 0 Å². The quantitative estimate of drug-likeness (QED) is 0.386. The fourth-order valence-electron chi connectivity index (χ4n) is 4.18. The van der Waals surface area contributed by atoms with Gasteiger partial charge in [0.25, 0.3) is 5.91 Å². The zero-order valence-corrected chi connectivity index (χ0v) is 18.7. The van der Waals surface area contributed by atoms with Crippen LogP contribution in [0.4, 0.5) is 0 Å². The van der Waals surface area contributed by atoms with Gasteiger partial charge in [-0.15, -0.1) is 0 Å². The standard InChI is InChI=1S/C26H21ClN2O4/c1-2-11-32-19-7-3-6-17(12-19)23-22-24(30)20-13-18(27)8-9-21(20)33-25(22)26(31)29(23)15-16-5-4-10-28-14-16/h3-10,12-14,23H,2,11,15H2,1H3. The molecule has 1 aliphatic heterocycles. The highest BCUT2D eigenvalue weighted by molar-refractivity contribution is 6.31. The Balaban J connectivity index is 1.69. The summed E-state index contributed by atoms with van der Waals surface area (Å²) in [5, 5.41) is 0.776. The molecule has 1 atom stereocenters. The van der Waals surface area contributed by atoms with Crippen molar-refractivity contribution in [3.8, 4) is 5.75 Å². The van der Waals surface area contributed by atoms with Crippen LogP contribution in [0, 0.1) is 0 Å². The maximum atomic E-state index is 13.6. The van der Waals surface area contributed by atoms with Gasteiger partial charge in [-0.2, -0.15) is 0 Å². The molecule has 33 heavy (non-hydrogen) atoms. The summed E-state index contributed by atoms with van der Waals surface area (Å²) in [7, 11) is 0. The van der Waals surface area contributed by atoms with E-state index in [9.17, 15) is 9.59 Å². The molecule has 1 aliphatic rings. The van der Waals surface area contributed by atoms with Crippen LogP contribution >= 0.6 is 11.6 Å². The fraction of sp³-hybridized carbons (Fsp3) is 0.192. The van der Waals surface area contributed by atoms with Gasteiger partial charge in [-0.25, -0.2) is 0 Å². The van der Waals surface area contributed by atoms with Gasteiger partial charge in [-0.3, -0.25) is 14.6 Å². The predicted octanol–water partition coefficient (Wildman–Crippen LogP) is 5.38. The molecule has 0 spiro atoms. The molecule has 166 valence electrons. The molecule has 0 N–H and O–H groups in total. The molecule has 3 heterocycles. The second-order valence-electron chi connectivity index (χ2n) is 7.93. The lowest BCUT2D eigenvalue weighted by Crippen LogP contribution is -2.29. The van der Waals surface area contributed by atoms with Crippen molar-refractivity contribution in [1.29, 1.82) is 0 Å². The Labute approximate surface area is 195 Å². The lowest BCUT2D eigenvalue weighted by Gasteiger charge is -2.25. The molecular formula is C26H21ClN2O4. The first-order chi connectivity index (χ1) is 16.1. The van der Waals surface area contributed by atoms with E-state index in [-0.39, 0.29) is 23.6 Å². The third kappa shape index (κ3) is 3.87. The molecule has 4 aromatic rings. The Morgan fingerprint density at radius 2 is 2.00 bits per heavy atom. The van der Waals surface area contributed by atoms with Crippen molar-refractivity contribution in [3.05, 3.63) is 105 Å². The Morgan fingerprint density at radius 3 is 2.79 bits per heavy atom. The minimum Gasteiger partial charge on any atom is -0.494 e. The minimum absolute atomic E-state index is 0.0589. The van der Waals surface area contributed by atoms with E-state index in [4.69, 9.17) is 20.8 Å². The number of pyridine rings is 1. The van der Waals surface area contributed by atoms with Crippen LogP contribution in [0.3, 0.4) is 0 Å². The van der Waals surface area contributed by atoms with Gasteiger partial charge in [0.2, 0.25) is 5.76 Å². The van der Waals surface area contributed by atoms with E-state index in [1.54, 1.807) is 35.5 Å². The second-order valence-corrected chi connectivity index (χ2v) is 8.37. The summed E-state index contributed by atoms with van der Waals surface area (Å²) in [4.78, 5) is 32.9. The molecule has 0 aliphatic carbocycles.